The molecule has 0 fully saturated rings. The molecule has 9 heteroatoms. The number of ether oxygens (including phenoxy) is 2. The summed E-state index contributed by atoms with van der Waals surface area (Å²) in [4.78, 5) is 39.7. The van der Waals surface area contributed by atoms with Gasteiger partial charge in [-0.3, -0.25) is 19.7 Å². The molecule has 0 atom stereocenters. The smallest absolute Gasteiger partial charge is 0.269 e. The van der Waals surface area contributed by atoms with Gasteiger partial charge in [-0.25, -0.2) is 0 Å². The van der Waals surface area contributed by atoms with Gasteiger partial charge in [0.15, 0.2) is 11.5 Å². The highest BCUT2D eigenvalue weighted by Crippen LogP contribution is 2.33. The molecule has 2 aromatic rings. The molecule has 0 unspecified atom stereocenters. The fraction of sp³-hybridized carbons (Fsp3) is 0.385. The summed E-state index contributed by atoms with van der Waals surface area (Å²) >= 11 is 0. The van der Waals surface area contributed by atoms with Gasteiger partial charge in [0.05, 0.1) is 19.1 Å². The number of benzene rings is 2. The van der Waals surface area contributed by atoms with Crippen LogP contribution < -0.4 is 9.47 Å². The number of amides is 2. The number of nitrogens with zero attached hydrogens (tertiary/aromatic N) is 3. The van der Waals surface area contributed by atoms with Crippen molar-refractivity contribution in [2.45, 2.75) is 32.7 Å². The number of hydrogen-bond acceptors (Lipinski definition) is 6. The van der Waals surface area contributed by atoms with Crippen molar-refractivity contribution in [1.29, 1.82) is 0 Å². The van der Waals surface area contributed by atoms with E-state index in [1.54, 1.807) is 42.2 Å². The summed E-state index contributed by atoms with van der Waals surface area (Å²) in [5.41, 5.74) is 2.79. The fourth-order valence-corrected chi connectivity index (χ4v) is 3.96. The SMILES string of the molecule is CCCCN(CC(=O)N1CCc2cc(OC)c(OC)cc2C1)C(=O)/C=C/c1ccc([N+](=O)[O-])cc1. The molecule has 1 aliphatic heterocycles. The maximum atomic E-state index is 13.1. The average Bonchev–Trinajstić information content (AvgIpc) is 2.88. The molecule has 0 radical (unpaired) electrons. The minimum Gasteiger partial charge on any atom is -0.493 e. The van der Waals surface area contributed by atoms with E-state index in [1.165, 1.54) is 18.2 Å². The Labute approximate surface area is 205 Å². The van der Waals surface area contributed by atoms with E-state index in [2.05, 4.69) is 0 Å². The number of non-ortho nitro benzene ring substituents is 1. The van der Waals surface area contributed by atoms with E-state index in [-0.39, 0.29) is 24.0 Å². The van der Waals surface area contributed by atoms with Crippen LogP contribution in [-0.2, 0) is 22.6 Å². The zero-order chi connectivity index (χ0) is 25.4. The zero-order valence-electron chi connectivity index (χ0n) is 20.4. The van der Waals surface area contributed by atoms with Crippen LogP contribution in [0.4, 0.5) is 5.69 Å². The molecule has 35 heavy (non-hydrogen) atoms. The number of fused-ring (bicyclic) bond motifs is 1. The lowest BCUT2D eigenvalue weighted by molar-refractivity contribution is -0.384. The number of methoxy groups -OCH3 is 2. The molecule has 186 valence electrons. The first kappa shape index (κ1) is 25.7. The Hall–Kier alpha value is -3.88. The number of unbranched alkanes of at least 4 members (excludes halogenated alkanes) is 1. The summed E-state index contributed by atoms with van der Waals surface area (Å²) in [7, 11) is 3.18. The van der Waals surface area contributed by atoms with Gasteiger partial charge in [0, 0.05) is 37.8 Å². The molecule has 0 saturated heterocycles. The number of nitro groups is 1. The molecule has 0 saturated carbocycles. The van der Waals surface area contributed by atoms with Crippen molar-refractivity contribution in [2.75, 3.05) is 33.9 Å². The van der Waals surface area contributed by atoms with Gasteiger partial charge in [-0.2, -0.15) is 0 Å². The van der Waals surface area contributed by atoms with Gasteiger partial charge in [0.2, 0.25) is 11.8 Å². The maximum Gasteiger partial charge on any atom is 0.269 e. The third kappa shape index (κ3) is 6.59. The second kappa shape index (κ2) is 12.0. The summed E-state index contributed by atoms with van der Waals surface area (Å²) in [5.74, 6) is 0.909. The van der Waals surface area contributed by atoms with Crippen molar-refractivity contribution in [2.24, 2.45) is 0 Å². The Morgan fingerprint density at radius 2 is 1.77 bits per heavy atom. The predicted molar refractivity (Wildman–Crippen MR) is 132 cm³/mol. The second-order valence-electron chi connectivity index (χ2n) is 8.34. The molecule has 0 N–H and O–H groups in total. The average molecular weight is 482 g/mol. The van der Waals surface area contributed by atoms with Gasteiger partial charge in [-0.05, 0) is 59.9 Å². The largest absolute Gasteiger partial charge is 0.493 e. The van der Waals surface area contributed by atoms with Crippen LogP contribution in [0.1, 0.15) is 36.5 Å². The number of nitro benzene ring substituents is 1. The van der Waals surface area contributed by atoms with Crippen LogP contribution in [0.3, 0.4) is 0 Å². The van der Waals surface area contributed by atoms with Crippen molar-refractivity contribution in [3.05, 3.63) is 69.3 Å². The number of hydrogen-bond donors (Lipinski definition) is 0. The van der Waals surface area contributed by atoms with Gasteiger partial charge in [-0.15, -0.1) is 0 Å². The molecule has 9 nitrogen and oxygen atoms in total. The number of carbonyl (C=O) groups excluding carboxylic acids is 2. The third-order valence-electron chi connectivity index (χ3n) is 6.01. The Morgan fingerprint density at radius 3 is 2.37 bits per heavy atom. The zero-order valence-corrected chi connectivity index (χ0v) is 20.4. The van der Waals surface area contributed by atoms with Gasteiger partial charge >= 0.3 is 0 Å². The molecule has 0 spiro atoms. The van der Waals surface area contributed by atoms with E-state index >= 15 is 0 Å². The lowest BCUT2D eigenvalue weighted by Gasteiger charge is -2.31. The highest BCUT2D eigenvalue weighted by Gasteiger charge is 2.25. The van der Waals surface area contributed by atoms with Crippen molar-refractivity contribution < 1.29 is 24.0 Å². The van der Waals surface area contributed by atoms with Gasteiger partial charge < -0.3 is 19.3 Å². The summed E-state index contributed by atoms with van der Waals surface area (Å²) in [6, 6.07) is 9.80. The molecule has 0 aliphatic carbocycles. The number of rotatable bonds is 10. The van der Waals surface area contributed by atoms with E-state index in [1.807, 2.05) is 19.1 Å². The summed E-state index contributed by atoms with van der Waals surface area (Å²) in [5, 5.41) is 10.8. The second-order valence-corrected chi connectivity index (χ2v) is 8.34. The minimum atomic E-state index is -0.470. The van der Waals surface area contributed by atoms with Crippen molar-refractivity contribution in [3.8, 4) is 11.5 Å². The maximum absolute atomic E-state index is 13.1. The normalized spacial score (nSPS) is 12.8. The lowest BCUT2D eigenvalue weighted by atomic mass is 9.98. The van der Waals surface area contributed by atoms with Crippen molar-refractivity contribution in [3.63, 3.8) is 0 Å². The highest BCUT2D eigenvalue weighted by molar-refractivity contribution is 5.94. The van der Waals surface area contributed by atoms with Crippen LogP contribution >= 0.6 is 0 Å². The molecule has 2 aromatic carbocycles. The van der Waals surface area contributed by atoms with E-state index in [4.69, 9.17) is 9.47 Å². The van der Waals surface area contributed by atoms with E-state index in [0.717, 1.165) is 24.0 Å². The standard InChI is InChI=1S/C26H31N3O6/c1-4-5-13-27(25(30)11-8-19-6-9-22(10-7-19)29(32)33)18-26(31)28-14-12-20-15-23(34-2)24(35-3)16-21(20)17-28/h6-11,15-16H,4-5,12-14,17-18H2,1-3H3/b11-8+. The minimum absolute atomic E-state index is 0.00788. The number of carbonyl (C=O) groups is 2. The molecule has 1 aliphatic rings. The molecule has 1 heterocycles. The van der Waals surface area contributed by atoms with Crippen LogP contribution in [0.2, 0.25) is 0 Å². The summed E-state index contributed by atoms with van der Waals surface area (Å²) in [6.45, 7) is 3.51. The summed E-state index contributed by atoms with van der Waals surface area (Å²) in [6.07, 6.45) is 5.39. The first-order chi connectivity index (χ1) is 16.9. The van der Waals surface area contributed by atoms with Crippen LogP contribution in [0.25, 0.3) is 6.08 Å². The van der Waals surface area contributed by atoms with E-state index in [9.17, 15) is 19.7 Å². The molecule has 2 amide bonds. The van der Waals surface area contributed by atoms with Crippen LogP contribution in [-0.4, -0.2) is 60.4 Å². The van der Waals surface area contributed by atoms with Gasteiger partial charge in [-0.1, -0.05) is 13.3 Å². The molecule has 0 aromatic heterocycles. The topological polar surface area (TPSA) is 102 Å². The first-order valence-corrected chi connectivity index (χ1v) is 11.6. The molecule has 0 bridgehead atoms. The van der Waals surface area contributed by atoms with Crippen molar-refractivity contribution >= 4 is 23.6 Å². The fourth-order valence-electron chi connectivity index (χ4n) is 3.96. The van der Waals surface area contributed by atoms with Crippen LogP contribution in [0.5, 0.6) is 11.5 Å². The molecular formula is C26H31N3O6. The molecular weight excluding hydrogens is 450 g/mol. The van der Waals surface area contributed by atoms with Gasteiger partial charge in [0.1, 0.15) is 6.54 Å². The lowest BCUT2D eigenvalue weighted by Crippen LogP contribution is -2.44. The Balaban J connectivity index is 1.68. The van der Waals surface area contributed by atoms with Crippen molar-refractivity contribution in [1.82, 2.24) is 9.80 Å². The predicted octanol–water partition coefficient (Wildman–Crippen LogP) is 3.84. The summed E-state index contributed by atoms with van der Waals surface area (Å²) < 4.78 is 10.8. The Bertz CT molecular complexity index is 1100. The van der Waals surface area contributed by atoms with Gasteiger partial charge in [0.25, 0.3) is 5.69 Å². The van der Waals surface area contributed by atoms with E-state index < -0.39 is 4.92 Å². The third-order valence-corrected chi connectivity index (χ3v) is 6.01. The molecule has 3 rings (SSSR count). The monoisotopic (exact) mass is 481 g/mol. The van der Waals surface area contributed by atoms with Crippen LogP contribution in [0, 0.1) is 10.1 Å². The van der Waals surface area contributed by atoms with Crippen LogP contribution in [0.15, 0.2) is 42.5 Å². The quantitative estimate of drug-likeness (QED) is 0.290. The Kier molecular flexibility index (Phi) is 8.83. The Morgan fingerprint density at radius 1 is 1.11 bits per heavy atom. The highest BCUT2D eigenvalue weighted by atomic mass is 16.6. The van der Waals surface area contributed by atoms with E-state index in [0.29, 0.717) is 43.1 Å². The first-order valence-electron chi connectivity index (χ1n) is 11.6.